The summed E-state index contributed by atoms with van der Waals surface area (Å²) in [5, 5.41) is 2.76. The molecular weight excluding hydrogens is 283 g/mol. The Kier molecular flexibility index (Phi) is 4.68. The maximum Gasteiger partial charge on any atom is 0.322 e. The molecule has 0 saturated heterocycles. The van der Waals surface area contributed by atoms with Gasteiger partial charge in [-0.25, -0.2) is 4.39 Å². The smallest absolute Gasteiger partial charge is 0.322 e. The van der Waals surface area contributed by atoms with Gasteiger partial charge >= 0.3 is 6.01 Å². The summed E-state index contributed by atoms with van der Waals surface area (Å²) in [5.74, 6) is -0.260. The summed E-state index contributed by atoms with van der Waals surface area (Å²) in [6.07, 6.45) is 0.818. The Labute approximate surface area is 121 Å². The van der Waals surface area contributed by atoms with Crippen LogP contribution in [0.4, 0.5) is 16.0 Å². The molecule has 0 amide bonds. The van der Waals surface area contributed by atoms with Crippen molar-refractivity contribution in [3.05, 3.63) is 34.9 Å². The molecule has 2 aromatic rings. The van der Waals surface area contributed by atoms with Gasteiger partial charge in [0.05, 0.1) is 12.3 Å². The maximum absolute atomic E-state index is 13.7. The molecule has 0 unspecified atom stereocenters. The molecule has 1 N–H and O–H groups in total. The summed E-state index contributed by atoms with van der Waals surface area (Å²) in [7, 11) is 0. The second-order valence-corrected chi connectivity index (χ2v) is 4.51. The van der Waals surface area contributed by atoms with Crippen molar-refractivity contribution in [2.45, 2.75) is 20.3 Å². The van der Waals surface area contributed by atoms with Gasteiger partial charge in [0.2, 0.25) is 11.2 Å². The van der Waals surface area contributed by atoms with Crippen LogP contribution < -0.4 is 10.1 Å². The van der Waals surface area contributed by atoms with E-state index in [1.807, 2.05) is 13.8 Å². The molecule has 1 aromatic carbocycles. The molecule has 0 radical (unpaired) electrons. The van der Waals surface area contributed by atoms with Crippen LogP contribution in [0.5, 0.6) is 6.01 Å². The van der Waals surface area contributed by atoms with Crippen LogP contribution >= 0.6 is 11.6 Å². The van der Waals surface area contributed by atoms with Crippen LogP contribution in [0.1, 0.15) is 18.9 Å². The second-order valence-electron chi connectivity index (χ2n) is 4.17. The van der Waals surface area contributed by atoms with Crippen molar-refractivity contribution >= 4 is 23.2 Å². The molecule has 1 heterocycles. The van der Waals surface area contributed by atoms with E-state index in [0.717, 1.165) is 12.0 Å². The van der Waals surface area contributed by atoms with Gasteiger partial charge in [0, 0.05) is 0 Å². The van der Waals surface area contributed by atoms with E-state index in [-0.39, 0.29) is 22.9 Å². The molecule has 106 valence electrons. The number of anilines is 2. The first-order valence-corrected chi connectivity index (χ1v) is 6.54. The Morgan fingerprint density at radius 3 is 2.85 bits per heavy atom. The van der Waals surface area contributed by atoms with Crippen molar-refractivity contribution in [3.63, 3.8) is 0 Å². The van der Waals surface area contributed by atoms with Gasteiger partial charge in [-0.15, -0.1) is 0 Å². The number of aromatic nitrogens is 3. The van der Waals surface area contributed by atoms with Crippen molar-refractivity contribution in [2.75, 3.05) is 11.9 Å². The topological polar surface area (TPSA) is 59.9 Å². The summed E-state index contributed by atoms with van der Waals surface area (Å²) in [6, 6.07) is 4.81. The molecule has 1 aromatic heterocycles. The molecule has 0 aliphatic rings. The zero-order chi connectivity index (χ0) is 14.5. The van der Waals surface area contributed by atoms with Gasteiger partial charge in [-0.3, -0.25) is 0 Å². The fraction of sp³-hybridized carbons (Fsp3) is 0.308. The standard InChI is InChI=1S/C13H14ClFN4O/c1-3-6-20-13-18-11(14)17-12(19-13)16-10-7-8(2)4-5-9(10)15/h4-5,7H,3,6H2,1-2H3,(H,16,17,18,19). The number of rotatable bonds is 5. The van der Waals surface area contributed by atoms with Crippen LogP contribution in [0.15, 0.2) is 18.2 Å². The third kappa shape index (κ3) is 3.77. The third-order valence-corrected chi connectivity index (χ3v) is 2.56. The minimum absolute atomic E-state index is 0.0123. The molecule has 5 nitrogen and oxygen atoms in total. The molecule has 0 aliphatic heterocycles. The van der Waals surface area contributed by atoms with E-state index in [0.29, 0.717) is 6.61 Å². The van der Waals surface area contributed by atoms with E-state index in [1.165, 1.54) is 6.07 Å². The minimum Gasteiger partial charge on any atom is -0.463 e. The molecular formula is C13H14ClFN4O. The number of nitrogens with zero attached hydrogens (tertiary/aromatic N) is 3. The van der Waals surface area contributed by atoms with Gasteiger partial charge in [0.1, 0.15) is 5.82 Å². The summed E-state index contributed by atoms with van der Waals surface area (Å²) in [5.41, 5.74) is 1.19. The predicted molar refractivity (Wildman–Crippen MR) is 75.0 cm³/mol. The fourth-order valence-corrected chi connectivity index (χ4v) is 1.65. The first-order valence-electron chi connectivity index (χ1n) is 6.16. The zero-order valence-electron chi connectivity index (χ0n) is 11.2. The van der Waals surface area contributed by atoms with Crippen LogP contribution in [0, 0.1) is 12.7 Å². The monoisotopic (exact) mass is 296 g/mol. The summed E-state index contributed by atoms with van der Waals surface area (Å²) in [4.78, 5) is 11.8. The molecule has 0 fully saturated rings. The highest BCUT2D eigenvalue weighted by Gasteiger charge is 2.09. The van der Waals surface area contributed by atoms with E-state index in [4.69, 9.17) is 16.3 Å². The molecule has 2 rings (SSSR count). The van der Waals surface area contributed by atoms with E-state index in [2.05, 4.69) is 20.3 Å². The SMILES string of the molecule is CCCOc1nc(Cl)nc(Nc2cc(C)ccc2F)n1. The lowest BCUT2D eigenvalue weighted by Gasteiger charge is -2.08. The van der Waals surface area contributed by atoms with Crippen LogP contribution in [-0.2, 0) is 0 Å². The van der Waals surface area contributed by atoms with Crippen molar-refractivity contribution in [2.24, 2.45) is 0 Å². The molecule has 0 atom stereocenters. The zero-order valence-corrected chi connectivity index (χ0v) is 11.9. The number of halogens is 2. The van der Waals surface area contributed by atoms with Crippen molar-refractivity contribution in [1.29, 1.82) is 0 Å². The van der Waals surface area contributed by atoms with E-state index in [1.54, 1.807) is 12.1 Å². The van der Waals surface area contributed by atoms with Crippen LogP contribution in [0.25, 0.3) is 0 Å². The summed E-state index contributed by atoms with van der Waals surface area (Å²) < 4.78 is 18.9. The van der Waals surface area contributed by atoms with Gasteiger partial charge in [-0.2, -0.15) is 15.0 Å². The minimum atomic E-state index is -0.400. The lowest BCUT2D eigenvalue weighted by Crippen LogP contribution is -2.05. The van der Waals surface area contributed by atoms with Gasteiger partial charge < -0.3 is 10.1 Å². The lowest BCUT2D eigenvalue weighted by molar-refractivity contribution is 0.292. The molecule has 0 bridgehead atoms. The fourth-order valence-electron chi connectivity index (χ4n) is 1.50. The Balaban J connectivity index is 2.24. The number of hydrogen-bond acceptors (Lipinski definition) is 5. The highest BCUT2D eigenvalue weighted by Crippen LogP contribution is 2.20. The largest absolute Gasteiger partial charge is 0.463 e. The molecule has 0 saturated carbocycles. The number of ether oxygens (including phenoxy) is 1. The second kappa shape index (κ2) is 6.47. The molecule has 7 heteroatoms. The lowest BCUT2D eigenvalue weighted by atomic mass is 10.2. The highest BCUT2D eigenvalue weighted by molar-refractivity contribution is 6.28. The number of nitrogens with one attached hydrogen (secondary N) is 1. The van der Waals surface area contributed by atoms with Gasteiger partial charge in [-0.1, -0.05) is 13.0 Å². The van der Waals surface area contributed by atoms with Gasteiger partial charge in [-0.05, 0) is 42.6 Å². The first-order chi connectivity index (χ1) is 9.58. The average molecular weight is 297 g/mol. The normalized spacial score (nSPS) is 10.4. The summed E-state index contributed by atoms with van der Waals surface area (Å²) >= 11 is 5.79. The van der Waals surface area contributed by atoms with E-state index < -0.39 is 5.82 Å². The predicted octanol–water partition coefficient (Wildman–Crippen LogP) is 3.50. The summed E-state index contributed by atoms with van der Waals surface area (Å²) in [6.45, 7) is 4.30. The molecule has 20 heavy (non-hydrogen) atoms. The number of hydrogen-bond donors (Lipinski definition) is 1. The van der Waals surface area contributed by atoms with Crippen LogP contribution in [0.2, 0.25) is 5.28 Å². The molecule has 0 spiro atoms. The third-order valence-electron chi connectivity index (χ3n) is 2.39. The Morgan fingerprint density at radius 1 is 1.30 bits per heavy atom. The maximum atomic E-state index is 13.7. The van der Waals surface area contributed by atoms with Crippen molar-refractivity contribution in [1.82, 2.24) is 15.0 Å². The quantitative estimate of drug-likeness (QED) is 0.915. The Hall–Kier alpha value is -1.95. The number of aryl methyl sites for hydroxylation is 1. The number of benzene rings is 1. The highest BCUT2D eigenvalue weighted by atomic mass is 35.5. The average Bonchev–Trinajstić information content (AvgIpc) is 2.40. The van der Waals surface area contributed by atoms with Gasteiger partial charge in [0.15, 0.2) is 0 Å². The van der Waals surface area contributed by atoms with Crippen LogP contribution in [-0.4, -0.2) is 21.6 Å². The van der Waals surface area contributed by atoms with Crippen molar-refractivity contribution < 1.29 is 9.13 Å². The Bertz CT molecular complexity index is 609. The first kappa shape index (κ1) is 14.5. The molecule has 0 aliphatic carbocycles. The van der Waals surface area contributed by atoms with Gasteiger partial charge in [0.25, 0.3) is 0 Å². The van der Waals surface area contributed by atoms with Crippen molar-refractivity contribution in [3.8, 4) is 6.01 Å². The van der Waals surface area contributed by atoms with Crippen LogP contribution in [0.3, 0.4) is 0 Å². The van der Waals surface area contributed by atoms with E-state index in [9.17, 15) is 4.39 Å². The Morgan fingerprint density at radius 2 is 2.10 bits per heavy atom. The van der Waals surface area contributed by atoms with E-state index >= 15 is 0 Å².